The molecule has 2 saturated heterocycles. The Balaban J connectivity index is 1.98. The quantitative estimate of drug-likeness (QED) is 0.676. The second-order valence-corrected chi connectivity index (χ2v) is 4.66. The number of hydrogen-bond acceptors (Lipinski definition) is 4. The molecule has 2 heterocycles. The highest BCUT2D eigenvalue weighted by atomic mass is 16.5. The molecule has 0 amide bonds. The molecule has 0 radical (unpaired) electrons. The van der Waals surface area contributed by atoms with Gasteiger partial charge in [0.05, 0.1) is 13.2 Å². The van der Waals surface area contributed by atoms with Gasteiger partial charge in [-0.2, -0.15) is 0 Å². The summed E-state index contributed by atoms with van der Waals surface area (Å²) in [4.78, 5) is 25.1. The van der Waals surface area contributed by atoms with Gasteiger partial charge in [-0.1, -0.05) is 6.42 Å². The number of rotatable bonds is 3. The van der Waals surface area contributed by atoms with Gasteiger partial charge < -0.3 is 4.74 Å². The topological polar surface area (TPSA) is 46.6 Å². The van der Waals surface area contributed by atoms with E-state index in [4.69, 9.17) is 4.74 Å². The van der Waals surface area contributed by atoms with Gasteiger partial charge in [0.15, 0.2) is 0 Å². The molecule has 4 heteroatoms. The molecule has 0 saturated carbocycles. The maximum absolute atomic E-state index is 11.5. The van der Waals surface area contributed by atoms with Crippen molar-refractivity contribution in [3.8, 4) is 0 Å². The lowest BCUT2D eigenvalue weighted by Gasteiger charge is -2.44. The van der Waals surface area contributed by atoms with E-state index in [1.807, 2.05) is 6.92 Å². The largest absolute Gasteiger partial charge is 0.465 e. The van der Waals surface area contributed by atoms with Crippen LogP contribution in [0.15, 0.2) is 0 Å². The van der Waals surface area contributed by atoms with Crippen molar-refractivity contribution in [2.45, 2.75) is 51.1 Å². The lowest BCUT2D eigenvalue weighted by molar-refractivity contribution is -0.149. The fraction of sp³-hybridized carbons (Fsp3) is 0.833. The molecule has 4 nitrogen and oxygen atoms in total. The van der Waals surface area contributed by atoms with Crippen molar-refractivity contribution in [2.75, 3.05) is 13.2 Å². The number of piperidine rings is 2. The summed E-state index contributed by atoms with van der Waals surface area (Å²) >= 11 is 0. The van der Waals surface area contributed by atoms with Crippen molar-refractivity contribution in [1.82, 2.24) is 4.90 Å². The van der Waals surface area contributed by atoms with Crippen molar-refractivity contribution < 1.29 is 14.3 Å². The van der Waals surface area contributed by atoms with Crippen LogP contribution >= 0.6 is 0 Å². The third kappa shape index (κ3) is 2.43. The van der Waals surface area contributed by atoms with Gasteiger partial charge in [-0.3, -0.25) is 14.5 Å². The Kier molecular flexibility index (Phi) is 3.59. The van der Waals surface area contributed by atoms with E-state index in [1.165, 1.54) is 6.42 Å². The minimum Gasteiger partial charge on any atom is -0.465 e. The van der Waals surface area contributed by atoms with Gasteiger partial charge in [-0.05, 0) is 19.8 Å². The zero-order chi connectivity index (χ0) is 11.5. The van der Waals surface area contributed by atoms with E-state index >= 15 is 0 Å². The molecule has 0 spiro atoms. The van der Waals surface area contributed by atoms with Gasteiger partial charge in [0.1, 0.15) is 5.78 Å². The first-order valence-corrected chi connectivity index (χ1v) is 6.13. The Morgan fingerprint density at radius 3 is 2.56 bits per heavy atom. The Labute approximate surface area is 95.9 Å². The summed E-state index contributed by atoms with van der Waals surface area (Å²) in [5.74, 6) is 0.198. The second-order valence-electron chi connectivity index (χ2n) is 4.66. The predicted molar refractivity (Wildman–Crippen MR) is 59.0 cm³/mol. The van der Waals surface area contributed by atoms with Crippen LogP contribution in [0.2, 0.25) is 0 Å². The Hall–Kier alpha value is -0.900. The third-order valence-electron chi connectivity index (χ3n) is 3.56. The summed E-state index contributed by atoms with van der Waals surface area (Å²) in [5.41, 5.74) is 0. The van der Waals surface area contributed by atoms with Crippen LogP contribution < -0.4 is 0 Å². The molecule has 0 aromatic rings. The summed E-state index contributed by atoms with van der Waals surface area (Å²) in [6.07, 6.45) is 4.51. The van der Waals surface area contributed by atoms with E-state index in [-0.39, 0.29) is 18.1 Å². The lowest BCUT2D eigenvalue weighted by atomic mass is 9.84. The van der Waals surface area contributed by atoms with Gasteiger partial charge in [0, 0.05) is 24.9 Å². The number of hydrogen-bond donors (Lipinski definition) is 0. The molecule has 2 unspecified atom stereocenters. The van der Waals surface area contributed by atoms with Crippen LogP contribution in [-0.2, 0) is 14.3 Å². The second kappa shape index (κ2) is 4.95. The average Bonchev–Trinajstić information content (AvgIpc) is 2.19. The molecule has 90 valence electrons. The third-order valence-corrected chi connectivity index (χ3v) is 3.56. The van der Waals surface area contributed by atoms with E-state index in [1.54, 1.807) is 0 Å². The average molecular weight is 225 g/mol. The first-order valence-electron chi connectivity index (χ1n) is 6.13. The number of ketones is 1. The van der Waals surface area contributed by atoms with Gasteiger partial charge in [0.2, 0.25) is 0 Å². The van der Waals surface area contributed by atoms with E-state index in [0.29, 0.717) is 31.8 Å². The van der Waals surface area contributed by atoms with Crippen LogP contribution in [0.1, 0.15) is 39.0 Å². The highest BCUT2D eigenvalue weighted by molar-refractivity contribution is 5.81. The molecule has 2 fully saturated rings. The monoisotopic (exact) mass is 225 g/mol. The van der Waals surface area contributed by atoms with Crippen molar-refractivity contribution in [3.63, 3.8) is 0 Å². The molecule has 2 rings (SSSR count). The number of nitrogens with zero attached hydrogens (tertiary/aromatic N) is 1. The van der Waals surface area contributed by atoms with Crippen molar-refractivity contribution in [2.24, 2.45) is 0 Å². The molecule has 0 aromatic heterocycles. The number of fused-ring (bicyclic) bond motifs is 2. The van der Waals surface area contributed by atoms with E-state index in [0.717, 1.165) is 12.8 Å². The standard InChI is InChI=1S/C12H19NO3/c1-2-16-12(15)8-13-9-4-3-5-10(13)7-11(14)6-9/h9-10H,2-8H2,1H3. The Morgan fingerprint density at radius 2 is 2.00 bits per heavy atom. The summed E-state index contributed by atoms with van der Waals surface area (Å²) in [7, 11) is 0. The van der Waals surface area contributed by atoms with Crippen molar-refractivity contribution in [3.05, 3.63) is 0 Å². The van der Waals surface area contributed by atoms with Crippen molar-refractivity contribution >= 4 is 11.8 Å². The van der Waals surface area contributed by atoms with Gasteiger partial charge in [-0.25, -0.2) is 0 Å². The number of carbonyl (C=O) groups excluding carboxylic acids is 2. The molecule has 2 aliphatic rings. The summed E-state index contributed by atoms with van der Waals surface area (Å²) in [6, 6.07) is 0.564. The molecule has 0 N–H and O–H groups in total. The number of ether oxygens (including phenoxy) is 1. The van der Waals surface area contributed by atoms with Crippen LogP contribution in [0.25, 0.3) is 0 Å². The van der Waals surface area contributed by atoms with Crippen LogP contribution in [0, 0.1) is 0 Å². The molecular weight excluding hydrogens is 206 g/mol. The molecule has 0 aromatic carbocycles. The molecule has 16 heavy (non-hydrogen) atoms. The Morgan fingerprint density at radius 1 is 1.38 bits per heavy atom. The maximum atomic E-state index is 11.5. The van der Waals surface area contributed by atoms with Gasteiger partial charge >= 0.3 is 5.97 Å². The minimum atomic E-state index is -0.159. The van der Waals surface area contributed by atoms with Crippen LogP contribution in [0.5, 0.6) is 0 Å². The van der Waals surface area contributed by atoms with Crippen LogP contribution in [0.3, 0.4) is 0 Å². The summed E-state index contributed by atoms with van der Waals surface area (Å²) in [6.45, 7) is 2.61. The smallest absolute Gasteiger partial charge is 0.320 e. The first-order chi connectivity index (χ1) is 7.70. The fourth-order valence-corrected chi connectivity index (χ4v) is 2.88. The van der Waals surface area contributed by atoms with E-state index in [9.17, 15) is 9.59 Å². The molecular formula is C12H19NO3. The molecule has 2 bridgehead atoms. The van der Waals surface area contributed by atoms with Crippen LogP contribution in [0.4, 0.5) is 0 Å². The highest BCUT2D eigenvalue weighted by Crippen LogP contribution is 2.31. The van der Waals surface area contributed by atoms with Crippen LogP contribution in [-0.4, -0.2) is 41.9 Å². The number of Topliss-reactive ketones (excluding diaryl/α,β-unsaturated/α-hetero) is 1. The zero-order valence-electron chi connectivity index (χ0n) is 9.78. The van der Waals surface area contributed by atoms with Crippen molar-refractivity contribution in [1.29, 1.82) is 0 Å². The fourth-order valence-electron chi connectivity index (χ4n) is 2.88. The molecule has 2 aliphatic heterocycles. The number of carbonyl (C=O) groups is 2. The Bertz CT molecular complexity index is 274. The highest BCUT2D eigenvalue weighted by Gasteiger charge is 2.38. The van der Waals surface area contributed by atoms with E-state index in [2.05, 4.69) is 4.90 Å². The van der Waals surface area contributed by atoms with Gasteiger partial charge in [0.25, 0.3) is 0 Å². The maximum Gasteiger partial charge on any atom is 0.320 e. The molecule has 0 aliphatic carbocycles. The SMILES string of the molecule is CCOC(=O)CN1C2CCCC1CC(=O)C2. The number of esters is 1. The minimum absolute atomic E-state index is 0.159. The molecule has 2 atom stereocenters. The summed E-state index contributed by atoms with van der Waals surface area (Å²) < 4.78 is 4.97. The van der Waals surface area contributed by atoms with Gasteiger partial charge in [-0.15, -0.1) is 0 Å². The normalized spacial score (nSPS) is 30.2. The first kappa shape index (κ1) is 11.6. The van der Waals surface area contributed by atoms with E-state index < -0.39 is 0 Å². The lowest BCUT2D eigenvalue weighted by Crippen LogP contribution is -2.54. The predicted octanol–water partition coefficient (Wildman–Crippen LogP) is 1.14. The zero-order valence-corrected chi connectivity index (χ0v) is 9.78. The summed E-state index contributed by atoms with van der Waals surface area (Å²) in [5, 5.41) is 0.